The van der Waals surface area contributed by atoms with Gasteiger partial charge in [0.25, 0.3) is 0 Å². The van der Waals surface area contributed by atoms with Crippen LogP contribution in [0.3, 0.4) is 0 Å². The summed E-state index contributed by atoms with van der Waals surface area (Å²) in [5.74, 6) is -1.26. The van der Waals surface area contributed by atoms with E-state index in [1.165, 1.54) is 24.3 Å². The molecular formula is C21H19NO10. The summed E-state index contributed by atoms with van der Waals surface area (Å²) in [4.78, 5) is 23.9. The molecule has 1 aromatic heterocycles. The Kier molecular flexibility index (Phi) is 5.57. The molecule has 0 saturated carbocycles. The van der Waals surface area contributed by atoms with Gasteiger partial charge in [-0.2, -0.15) is 4.91 Å². The van der Waals surface area contributed by atoms with Crippen LogP contribution in [0.15, 0.2) is 50.8 Å². The third kappa shape index (κ3) is 3.46. The van der Waals surface area contributed by atoms with Gasteiger partial charge in [0.05, 0.1) is 12.2 Å². The van der Waals surface area contributed by atoms with Gasteiger partial charge in [-0.25, -0.2) is 0 Å². The number of rotatable bonds is 4. The summed E-state index contributed by atoms with van der Waals surface area (Å²) in [6.07, 6.45) is -6.33. The zero-order valence-corrected chi connectivity index (χ0v) is 16.3. The highest BCUT2D eigenvalue weighted by Crippen LogP contribution is 2.45. The molecule has 1 saturated heterocycles. The van der Waals surface area contributed by atoms with Gasteiger partial charge in [0.15, 0.2) is 5.43 Å². The summed E-state index contributed by atoms with van der Waals surface area (Å²) in [7, 11) is 0. The number of phenols is 3. The van der Waals surface area contributed by atoms with Crippen molar-refractivity contribution in [1.82, 2.24) is 0 Å². The molecule has 32 heavy (non-hydrogen) atoms. The maximum Gasteiger partial charge on any atom is 0.197 e. The van der Waals surface area contributed by atoms with Crippen molar-refractivity contribution in [2.75, 3.05) is 6.61 Å². The Labute approximate surface area is 179 Å². The maximum absolute atomic E-state index is 12.8. The molecule has 0 spiro atoms. The predicted molar refractivity (Wildman–Crippen MR) is 109 cm³/mol. The van der Waals surface area contributed by atoms with Crippen molar-refractivity contribution in [3.05, 3.63) is 57.1 Å². The smallest absolute Gasteiger partial charge is 0.197 e. The normalized spacial score (nSPS) is 25.7. The molecule has 168 valence electrons. The van der Waals surface area contributed by atoms with E-state index in [-0.39, 0.29) is 22.5 Å². The first-order chi connectivity index (χ1) is 15.3. The lowest BCUT2D eigenvalue weighted by Gasteiger charge is -2.39. The number of aliphatic hydroxyl groups excluding tert-OH is 3. The third-order valence-corrected chi connectivity index (χ3v) is 5.46. The summed E-state index contributed by atoms with van der Waals surface area (Å²) in [6, 6.07) is 6.32. The van der Waals surface area contributed by atoms with Gasteiger partial charge in [0.1, 0.15) is 64.4 Å². The molecule has 0 amide bonds. The lowest BCUT2D eigenvalue weighted by atomic mass is 9.88. The number of benzene rings is 2. The van der Waals surface area contributed by atoms with Crippen molar-refractivity contribution in [3.8, 4) is 28.6 Å². The molecule has 0 radical (unpaired) electrons. The Morgan fingerprint density at radius 1 is 1.00 bits per heavy atom. The molecule has 4 rings (SSSR count). The molecule has 3 aromatic rings. The number of nitrogens with zero attached hydrogens (tertiary/aromatic N) is 1. The number of aromatic hydroxyl groups is 3. The maximum atomic E-state index is 12.8. The van der Waals surface area contributed by atoms with Crippen LogP contribution in [0.1, 0.15) is 11.7 Å². The lowest BCUT2D eigenvalue weighted by Crippen LogP contribution is -2.54. The van der Waals surface area contributed by atoms with Crippen LogP contribution in [0.5, 0.6) is 17.2 Å². The van der Waals surface area contributed by atoms with Gasteiger partial charge >= 0.3 is 0 Å². The van der Waals surface area contributed by atoms with Gasteiger partial charge in [-0.3, -0.25) is 4.79 Å². The van der Waals surface area contributed by atoms with Gasteiger partial charge in [-0.1, -0.05) is 5.18 Å². The fraction of sp³-hybridized carbons (Fsp3) is 0.286. The molecule has 2 aromatic carbocycles. The van der Waals surface area contributed by atoms with E-state index in [4.69, 9.17) is 9.15 Å². The number of hydrogen-bond acceptors (Lipinski definition) is 11. The van der Waals surface area contributed by atoms with Crippen LogP contribution in [-0.4, -0.2) is 61.6 Å². The zero-order chi connectivity index (χ0) is 23.2. The van der Waals surface area contributed by atoms with Crippen LogP contribution in [0, 0.1) is 4.91 Å². The third-order valence-electron chi connectivity index (χ3n) is 5.46. The average Bonchev–Trinajstić information content (AvgIpc) is 2.75. The highest BCUT2D eigenvalue weighted by atomic mass is 16.5. The largest absolute Gasteiger partial charge is 0.508 e. The SMILES string of the molecule is O=N[C@@H]1[C@@H](O)[C@H](c2c(O)cc3oc(-c4ccc(O)cc4)cc(=O)c3c2O)O[C@H](CO)[C@H]1O. The van der Waals surface area contributed by atoms with E-state index in [0.29, 0.717) is 5.56 Å². The van der Waals surface area contributed by atoms with Crippen molar-refractivity contribution >= 4 is 11.0 Å². The second kappa shape index (κ2) is 8.20. The van der Waals surface area contributed by atoms with Crippen molar-refractivity contribution in [2.45, 2.75) is 30.5 Å². The van der Waals surface area contributed by atoms with Gasteiger partial charge < -0.3 is 39.8 Å². The van der Waals surface area contributed by atoms with Gasteiger partial charge in [0.2, 0.25) is 0 Å². The topological polar surface area (TPSA) is 190 Å². The van der Waals surface area contributed by atoms with Crippen LogP contribution < -0.4 is 5.43 Å². The molecule has 1 fully saturated rings. The van der Waals surface area contributed by atoms with Gasteiger partial charge in [0, 0.05) is 17.7 Å². The molecule has 0 bridgehead atoms. The molecule has 5 atom stereocenters. The molecule has 2 heterocycles. The number of ether oxygens (including phenoxy) is 1. The predicted octanol–water partition coefficient (Wildman–Crippen LogP) is 0.866. The van der Waals surface area contributed by atoms with Crippen LogP contribution in [-0.2, 0) is 4.74 Å². The number of nitroso groups, excluding NO2 is 1. The lowest BCUT2D eigenvalue weighted by molar-refractivity contribution is -0.191. The standard InChI is InChI=1S/C21H19NO10/c23-7-14-18(27)17(22-30)20(29)21(32-14)16-11(26)6-13-15(19(16)28)10(25)5-12(31-13)8-1-3-9(24)4-2-8/h1-6,14,17-18,20-21,23-24,26-29H,7H2/t14-,17+,18-,20-,21+/m1/s1. The quantitative estimate of drug-likeness (QED) is 0.314. The van der Waals surface area contributed by atoms with Crippen molar-refractivity contribution in [3.63, 3.8) is 0 Å². The first-order valence-electron chi connectivity index (χ1n) is 9.53. The number of aliphatic hydroxyl groups is 3. The summed E-state index contributed by atoms with van der Waals surface area (Å²) in [5, 5.41) is 63.0. The Morgan fingerprint density at radius 2 is 1.69 bits per heavy atom. The summed E-state index contributed by atoms with van der Waals surface area (Å²) < 4.78 is 11.1. The fourth-order valence-corrected chi connectivity index (χ4v) is 3.82. The molecular weight excluding hydrogens is 426 g/mol. The zero-order valence-electron chi connectivity index (χ0n) is 16.3. The van der Waals surface area contributed by atoms with E-state index < -0.39 is 59.6 Å². The molecule has 6 N–H and O–H groups in total. The van der Waals surface area contributed by atoms with E-state index >= 15 is 0 Å². The molecule has 11 heteroatoms. The number of phenolic OH excluding ortho intramolecular Hbond substituents is 3. The Balaban J connectivity index is 1.86. The van der Waals surface area contributed by atoms with Crippen LogP contribution >= 0.6 is 0 Å². The van der Waals surface area contributed by atoms with Crippen LogP contribution in [0.25, 0.3) is 22.3 Å². The molecule has 0 unspecified atom stereocenters. The second-order valence-electron chi connectivity index (χ2n) is 7.41. The molecule has 11 nitrogen and oxygen atoms in total. The summed E-state index contributed by atoms with van der Waals surface area (Å²) >= 11 is 0. The minimum absolute atomic E-state index is 0.0114. The van der Waals surface area contributed by atoms with E-state index in [1.807, 2.05) is 0 Å². The fourth-order valence-electron chi connectivity index (χ4n) is 3.82. The average molecular weight is 445 g/mol. The van der Waals surface area contributed by atoms with Crippen LogP contribution in [0.2, 0.25) is 0 Å². The number of fused-ring (bicyclic) bond motifs is 1. The highest BCUT2D eigenvalue weighted by molar-refractivity contribution is 5.88. The minimum atomic E-state index is -1.79. The van der Waals surface area contributed by atoms with E-state index in [9.17, 15) is 40.3 Å². The first-order valence-corrected chi connectivity index (χ1v) is 9.53. The first kappa shape index (κ1) is 21.7. The van der Waals surface area contributed by atoms with Crippen LogP contribution in [0.4, 0.5) is 0 Å². The Hall–Kier alpha value is -3.51. The second-order valence-corrected chi connectivity index (χ2v) is 7.41. The molecule has 1 aliphatic rings. The number of hydrogen-bond donors (Lipinski definition) is 6. The minimum Gasteiger partial charge on any atom is -0.508 e. The van der Waals surface area contributed by atoms with Gasteiger partial charge in [-0.15, -0.1) is 0 Å². The summed E-state index contributed by atoms with van der Waals surface area (Å²) in [6.45, 7) is -0.732. The Morgan fingerprint density at radius 3 is 2.31 bits per heavy atom. The molecule has 1 aliphatic heterocycles. The molecule has 0 aliphatic carbocycles. The Bertz CT molecular complexity index is 1220. The van der Waals surface area contributed by atoms with Gasteiger partial charge in [-0.05, 0) is 24.3 Å². The van der Waals surface area contributed by atoms with E-state index in [1.54, 1.807) is 0 Å². The highest BCUT2D eigenvalue weighted by Gasteiger charge is 2.47. The van der Waals surface area contributed by atoms with Crippen molar-refractivity contribution < 1.29 is 39.8 Å². The monoisotopic (exact) mass is 445 g/mol. The van der Waals surface area contributed by atoms with E-state index in [0.717, 1.165) is 12.1 Å². The van der Waals surface area contributed by atoms with Crippen molar-refractivity contribution in [2.24, 2.45) is 5.18 Å². The van der Waals surface area contributed by atoms with Crippen molar-refractivity contribution in [1.29, 1.82) is 0 Å². The summed E-state index contributed by atoms with van der Waals surface area (Å²) in [5.41, 5.74) is -0.820. The van der Waals surface area contributed by atoms with E-state index in [2.05, 4.69) is 5.18 Å².